The van der Waals surface area contributed by atoms with Crippen molar-refractivity contribution in [3.8, 4) is 0 Å². The summed E-state index contributed by atoms with van der Waals surface area (Å²) >= 11 is 0. The molecule has 1 amide bonds. The van der Waals surface area contributed by atoms with Gasteiger partial charge >= 0.3 is 0 Å². The third kappa shape index (κ3) is 2.88. The molecule has 1 aromatic carbocycles. The molecule has 0 radical (unpaired) electrons. The van der Waals surface area contributed by atoms with E-state index in [4.69, 9.17) is 4.74 Å². The summed E-state index contributed by atoms with van der Waals surface area (Å²) in [6, 6.07) is 6.88. The number of rotatable bonds is 3. The summed E-state index contributed by atoms with van der Waals surface area (Å²) in [4.78, 5) is 22.9. The summed E-state index contributed by atoms with van der Waals surface area (Å²) in [5, 5.41) is 13.3. The van der Waals surface area contributed by atoms with E-state index in [1.165, 1.54) is 6.33 Å². The Hall–Kier alpha value is -3.07. The van der Waals surface area contributed by atoms with Crippen molar-refractivity contribution in [2.75, 3.05) is 36.5 Å². The average Bonchev–Trinajstić information content (AvgIpc) is 3.10. The normalized spacial score (nSPS) is 14.8. The predicted octanol–water partition coefficient (Wildman–Crippen LogP) is 0.837. The van der Waals surface area contributed by atoms with E-state index in [0.29, 0.717) is 35.6 Å². The maximum absolute atomic E-state index is 12.4. The van der Waals surface area contributed by atoms with Gasteiger partial charge in [-0.1, -0.05) is 0 Å². The van der Waals surface area contributed by atoms with Crippen molar-refractivity contribution >= 4 is 28.6 Å². The van der Waals surface area contributed by atoms with Gasteiger partial charge in [-0.15, -0.1) is 0 Å². The first kappa shape index (κ1) is 14.5. The van der Waals surface area contributed by atoms with Crippen LogP contribution >= 0.6 is 0 Å². The van der Waals surface area contributed by atoms with Gasteiger partial charge in [0, 0.05) is 24.7 Å². The van der Waals surface area contributed by atoms with Crippen molar-refractivity contribution in [2.45, 2.75) is 0 Å². The Labute approximate surface area is 137 Å². The number of nitrogens with one attached hydrogen (secondary N) is 2. The number of benzene rings is 1. The molecule has 122 valence electrons. The molecule has 24 heavy (non-hydrogen) atoms. The molecule has 0 unspecified atom stereocenters. The highest BCUT2D eigenvalue weighted by molar-refractivity contribution is 6.05. The van der Waals surface area contributed by atoms with Gasteiger partial charge in [-0.2, -0.15) is 15.4 Å². The van der Waals surface area contributed by atoms with Gasteiger partial charge in [0.15, 0.2) is 0 Å². The van der Waals surface area contributed by atoms with Crippen LogP contribution in [0.15, 0.2) is 30.6 Å². The summed E-state index contributed by atoms with van der Waals surface area (Å²) in [6.07, 6.45) is 1.45. The lowest BCUT2D eigenvalue weighted by molar-refractivity contribution is 0.102. The van der Waals surface area contributed by atoms with E-state index in [-0.39, 0.29) is 5.91 Å². The number of nitrogens with zero attached hydrogens (tertiary/aromatic N) is 5. The lowest BCUT2D eigenvalue weighted by atomic mass is 10.2. The molecule has 2 N–H and O–H groups in total. The van der Waals surface area contributed by atoms with Crippen molar-refractivity contribution in [1.29, 1.82) is 0 Å². The predicted molar refractivity (Wildman–Crippen MR) is 86.9 cm³/mol. The molecule has 0 saturated carbocycles. The Morgan fingerprint density at radius 2 is 1.96 bits per heavy atom. The maximum atomic E-state index is 12.4. The number of fused-ring (bicyclic) bond motifs is 1. The van der Waals surface area contributed by atoms with E-state index in [9.17, 15) is 4.79 Å². The highest BCUT2D eigenvalue weighted by Crippen LogP contribution is 2.17. The zero-order valence-electron chi connectivity index (χ0n) is 12.8. The number of ether oxygens (including phenoxy) is 1. The molecule has 1 aliphatic rings. The average molecular weight is 325 g/mol. The van der Waals surface area contributed by atoms with Crippen LogP contribution < -0.4 is 10.2 Å². The van der Waals surface area contributed by atoms with Crippen LogP contribution in [0.25, 0.3) is 11.0 Å². The summed E-state index contributed by atoms with van der Waals surface area (Å²) in [6.45, 7) is 2.88. The van der Waals surface area contributed by atoms with Gasteiger partial charge in [-0.3, -0.25) is 4.79 Å². The minimum absolute atomic E-state index is 0.258. The molecule has 4 rings (SSSR count). The van der Waals surface area contributed by atoms with Gasteiger partial charge in [0.2, 0.25) is 0 Å². The van der Waals surface area contributed by atoms with E-state index in [0.717, 1.165) is 18.9 Å². The summed E-state index contributed by atoms with van der Waals surface area (Å²) in [7, 11) is 0. The van der Waals surface area contributed by atoms with Crippen LogP contribution in [0.3, 0.4) is 0 Å². The Bertz CT molecular complexity index is 873. The quantitative estimate of drug-likeness (QED) is 0.734. The molecule has 1 saturated heterocycles. The highest BCUT2D eigenvalue weighted by Gasteiger charge is 2.14. The van der Waals surface area contributed by atoms with E-state index < -0.39 is 0 Å². The van der Waals surface area contributed by atoms with Crippen LogP contribution in [0.4, 0.5) is 11.6 Å². The number of H-pyrrole nitrogens is 1. The minimum Gasteiger partial charge on any atom is -0.378 e. The van der Waals surface area contributed by atoms with Crippen molar-refractivity contribution < 1.29 is 9.53 Å². The third-order valence-corrected chi connectivity index (χ3v) is 3.81. The molecular formula is C15H15N7O2. The number of aromatic amines is 1. The molecule has 0 aliphatic carbocycles. The monoisotopic (exact) mass is 325 g/mol. The van der Waals surface area contributed by atoms with Crippen LogP contribution in [0.5, 0.6) is 0 Å². The molecule has 2 aromatic heterocycles. The Balaban J connectivity index is 1.52. The molecule has 0 spiro atoms. The van der Waals surface area contributed by atoms with Crippen LogP contribution in [-0.2, 0) is 4.74 Å². The van der Waals surface area contributed by atoms with E-state index in [2.05, 4.69) is 35.6 Å². The van der Waals surface area contributed by atoms with Crippen LogP contribution in [-0.4, -0.2) is 57.6 Å². The largest absolute Gasteiger partial charge is 0.378 e. The number of hydrogen-bond acceptors (Lipinski definition) is 7. The Kier molecular flexibility index (Phi) is 3.75. The zero-order valence-corrected chi connectivity index (χ0v) is 12.8. The van der Waals surface area contributed by atoms with Gasteiger partial charge in [0.05, 0.1) is 13.2 Å². The molecule has 1 fully saturated rings. The second-order valence-corrected chi connectivity index (χ2v) is 5.34. The molecule has 9 heteroatoms. The van der Waals surface area contributed by atoms with Gasteiger partial charge in [0.1, 0.15) is 29.0 Å². The Morgan fingerprint density at radius 3 is 2.83 bits per heavy atom. The van der Waals surface area contributed by atoms with Crippen LogP contribution in [0.1, 0.15) is 10.4 Å². The molecule has 3 heterocycles. The van der Waals surface area contributed by atoms with Crippen molar-refractivity contribution in [3.05, 3.63) is 36.2 Å². The number of carbonyl (C=O) groups excluding carboxylic acids is 1. The van der Waals surface area contributed by atoms with Crippen LogP contribution in [0, 0.1) is 0 Å². The van der Waals surface area contributed by atoms with Crippen molar-refractivity contribution in [1.82, 2.24) is 25.4 Å². The molecular weight excluding hydrogens is 310 g/mol. The second-order valence-electron chi connectivity index (χ2n) is 5.34. The maximum Gasteiger partial charge on any atom is 0.256 e. The van der Waals surface area contributed by atoms with Gasteiger partial charge in [-0.05, 0) is 18.2 Å². The molecule has 3 aromatic rings. The molecule has 1 aliphatic heterocycles. The number of carbonyl (C=O) groups is 1. The second kappa shape index (κ2) is 6.20. The SMILES string of the molecule is O=C(Nc1cc(N2CCOCC2)ncn1)c1ccc2n[nH]nc2c1. The summed E-state index contributed by atoms with van der Waals surface area (Å²) < 4.78 is 5.33. The Morgan fingerprint density at radius 1 is 1.12 bits per heavy atom. The number of anilines is 2. The fourth-order valence-electron chi connectivity index (χ4n) is 2.55. The van der Waals surface area contributed by atoms with E-state index >= 15 is 0 Å². The fraction of sp³-hybridized carbons (Fsp3) is 0.267. The minimum atomic E-state index is -0.258. The topological polar surface area (TPSA) is 109 Å². The third-order valence-electron chi connectivity index (χ3n) is 3.81. The van der Waals surface area contributed by atoms with E-state index in [1.54, 1.807) is 24.3 Å². The van der Waals surface area contributed by atoms with E-state index in [1.807, 2.05) is 0 Å². The fourth-order valence-corrected chi connectivity index (χ4v) is 2.55. The molecule has 0 atom stereocenters. The summed E-state index contributed by atoms with van der Waals surface area (Å²) in [5.41, 5.74) is 1.84. The molecule has 9 nitrogen and oxygen atoms in total. The molecule has 0 bridgehead atoms. The standard InChI is InChI=1S/C15H15N7O2/c23-15(10-1-2-11-12(7-10)20-21-19-11)18-13-8-14(17-9-16-13)22-3-5-24-6-4-22/h1-2,7-9H,3-6H2,(H,19,20,21)(H,16,17,18,23). The number of amides is 1. The first-order valence-electron chi connectivity index (χ1n) is 7.56. The summed E-state index contributed by atoms with van der Waals surface area (Å²) in [5.74, 6) is 0.971. The van der Waals surface area contributed by atoms with Crippen molar-refractivity contribution in [2.24, 2.45) is 0 Å². The van der Waals surface area contributed by atoms with Gasteiger partial charge in [-0.25, -0.2) is 9.97 Å². The number of hydrogen-bond donors (Lipinski definition) is 2. The van der Waals surface area contributed by atoms with Gasteiger partial charge < -0.3 is 15.0 Å². The number of morpholine rings is 1. The van der Waals surface area contributed by atoms with Gasteiger partial charge in [0.25, 0.3) is 5.91 Å². The van der Waals surface area contributed by atoms with Crippen LogP contribution in [0.2, 0.25) is 0 Å². The lowest BCUT2D eigenvalue weighted by Crippen LogP contribution is -2.36. The lowest BCUT2D eigenvalue weighted by Gasteiger charge is -2.27. The van der Waals surface area contributed by atoms with Crippen molar-refractivity contribution in [3.63, 3.8) is 0 Å². The zero-order chi connectivity index (χ0) is 16.4. The first-order chi connectivity index (χ1) is 11.8. The first-order valence-corrected chi connectivity index (χ1v) is 7.56. The highest BCUT2D eigenvalue weighted by atomic mass is 16.5. The smallest absolute Gasteiger partial charge is 0.256 e. The number of aromatic nitrogens is 5.